The molecule has 0 aliphatic heterocycles. The highest BCUT2D eigenvalue weighted by Crippen LogP contribution is 2.25. The molecule has 80 valence electrons. The zero-order chi connectivity index (χ0) is 10.6. The maximum Gasteiger partial charge on any atom is 0.213 e. The van der Waals surface area contributed by atoms with Gasteiger partial charge in [-0.3, -0.25) is 15.1 Å². The topological polar surface area (TPSA) is 108 Å². The van der Waals surface area contributed by atoms with Crippen molar-refractivity contribution in [3.05, 3.63) is 10.1 Å². The molecular weight excluding hydrogens is 184 g/mol. The number of rotatable bonds is 3. The molecular formula is C8H16N4O2. The number of nitro groups is 1. The molecule has 4 N–H and O–H groups in total. The van der Waals surface area contributed by atoms with Crippen molar-refractivity contribution in [3.63, 3.8) is 0 Å². The van der Waals surface area contributed by atoms with Gasteiger partial charge in [0.15, 0.2) is 5.96 Å². The summed E-state index contributed by atoms with van der Waals surface area (Å²) in [4.78, 5) is 14.2. The molecule has 0 bridgehead atoms. The van der Waals surface area contributed by atoms with Crippen LogP contribution in [-0.2, 0) is 0 Å². The van der Waals surface area contributed by atoms with Crippen molar-refractivity contribution < 1.29 is 4.92 Å². The highest BCUT2D eigenvalue weighted by atomic mass is 16.6. The molecule has 6 heteroatoms. The van der Waals surface area contributed by atoms with Crippen molar-refractivity contribution in [1.82, 2.24) is 0 Å². The van der Waals surface area contributed by atoms with Crippen LogP contribution in [0, 0.1) is 16.0 Å². The summed E-state index contributed by atoms with van der Waals surface area (Å²) in [5.41, 5.74) is 10.4. The van der Waals surface area contributed by atoms with Crippen LogP contribution in [0.3, 0.4) is 0 Å². The van der Waals surface area contributed by atoms with Gasteiger partial charge >= 0.3 is 0 Å². The Morgan fingerprint density at radius 2 is 1.93 bits per heavy atom. The normalized spacial score (nSPS) is 26.9. The molecule has 0 aromatic heterocycles. The van der Waals surface area contributed by atoms with E-state index in [9.17, 15) is 10.1 Å². The molecule has 1 fully saturated rings. The molecule has 0 unspecified atom stereocenters. The Hall–Kier alpha value is -1.33. The summed E-state index contributed by atoms with van der Waals surface area (Å²) in [6, 6.07) is -0.356. The van der Waals surface area contributed by atoms with Gasteiger partial charge in [0.25, 0.3) is 0 Å². The molecule has 0 aromatic carbocycles. The van der Waals surface area contributed by atoms with Gasteiger partial charge in [-0.15, -0.1) is 0 Å². The van der Waals surface area contributed by atoms with E-state index in [2.05, 4.69) is 4.99 Å². The summed E-state index contributed by atoms with van der Waals surface area (Å²) in [7, 11) is 0. The van der Waals surface area contributed by atoms with E-state index in [1.54, 1.807) is 0 Å². The predicted octanol–water partition coefficient (Wildman–Crippen LogP) is 0.0953. The molecule has 14 heavy (non-hydrogen) atoms. The van der Waals surface area contributed by atoms with Gasteiger partial charge < -0.3 is 11.5 Å². The van der Waals surface area contributed by atoms with Crippen LogP contribution in [0.5, 0.6) is 0 Å². The number of guanidine groups is 1. The Morgan fingerprint density at radius 3 is 2.36 bits per heavy atom. The quantitative estimate of drug-likeness (QED) is 0.291. The monoisotopic (exact) mass is 200 g/mol. The van der Waals surface area contributed by atoms with Crippen molar-refractivity contribution in [2.75, 3.05) is 6.54 Å². The first-order valence-corrected chi connectivity index (χ1v) is 4.78. The number of hydrogen-bond donors (Lipinski definition) is 2. The summed E-state index contributed by atoms with van der Waals surface area (Å²) >= 11 is 0. The van der Waals surface area contributed by atoms with Crippen molar-refractivity contribution in [1.29, 1.82) is 0 Å². The van der Waals surface area contributed by atoms with E-state index < -0.39 is 0 Å². The van der Waals surface area contributed by atoms with Gasteiger partial charge in [-0.05, 0) is 18.8 Å². The Morgan fingerprint density at radius 1 is 1.36 bits per heavy atom. The van der Waals surface area contributed by atoms with E-state index >= 15 is 0 Å². The maximum absolute atomic E-state index is 10.5. The first-order chi connectivity index (χ1) is 6.59. The van der Waals surface area contributed by atoms with Crippen LogP contribution in [0.15, 0.2) is 4.99 Å². The second kappa shape index (κ2) is 4.78. The minimum absolute atomic E-state index is 0.0985. The fourth-order valence-corrected chi connectivity index (χ4v) is 1.77. The van der Waals surface area contributed by atoms with Crippen molar-refractivity contribution in [2.45, 2.75) is 31.7 Å². The molecule has 1 aliphatic carbocycles. The lowest BCUT2D eigenvalue weighted by atomic mass is 9.86. The summed E-state index contributed by atoms with van der Waals surface area (Å²) in [5, 5.41) is 10.5. The third-order valence-corrected chi connectivity index (χ3v) is 2.65. The summed E-state index contributed by atoms with van der Waals surface area (Å²) in [6.07, 6.45) is 3.00. The third-order valence-electron chi connectivity index (χ3n) is 2.65. The summed E-state index contributed by atoms with van der Waals surface area (Å²) in [6.45, 7) is 0.604. The first kappa shape index (κ1) is 10.7. The highest BCUT2D eigenvalue weighted by molar-refractivity contribution is 5.75. The number of hydrogen-bond acceptors (Lipinski definition) is 3. The van der Waals surface area contributed by atoms with E-state index in [4.69, 9.17) is 11.5 Å². The molecule has 0 heterocycles. The summed E-state index contributed by atoms with van der Waals surface area (Å²) in [5.74, 6) is 0.509. The average Bonchev–Trinajstić information content (AvgIpc) is 2.15. The SMILES string of the molecule is NC(N)=NCC1CCC([N+](=O)[O-])CC1. The first-order valence-electron chi connectivity index (χ1n) is 4.78. The predicted molar refractivity (Wildman–Crippen MR) is 53.4 cm³/mol. The van der Waals surface area contributed by atoms with Gasteiger partial charge in [0.1, 0.15) is 0 Å². The van der Waals surface area contributed by atoms with Gasteiger partial charge in [-0.1, -0.05) is 0 Å². The fourth-order valence-electron chi connectivity index (χ4n) is 1.77. The lowest BCUT2D eigenvalue weighted by molar-refractivity contribution is -0.527. The molecule has 0 amide bonds. The molecule has 0 radical (unpaired) electrons. The molecule has 0 aromatic rings. The van der Waals surface area contributed by atoms with Crippen LogP contribution in [-0.4, -0.2) is 23.5 Å². The smallest absolute Gasteiger partial charge is 0.213 e. The fraction of sp³-hybridized carbons (Fsp3) is 0.875. The lowest BCUT2D eigenvalue weighted by Crippen LogP contribution is -2.28. The average molecular weight is 200 g/mol. The van der Waals surface area contributed by atoms with Crippen LogP contribution in [0.4, 0.5) is 0 Å². The van der Waals surface area contributed by atoms with Crippen LogP contribution in [0.2, 0.25) is 0 Å². The minimum Gasteiger partial charge on any atom is -0.370 e. The zero-order valence-electron chi connectivity index (χ0n) is 8.06. The molecule has 0 atom stereocenters. The van der Waals surface area contributed by atoms with E-state index in [-0.39, 0.29) is 16.9 Å². The highest BCUT2D eigenvalue weighted by Gasteiger charge is 2.27. The van der Waals surface area contributed by atoms with Crippen molar-refractivity contribution >= 4 is 5.96 Å². The minimum atomic E-state index is -0.356. The van der Waals surface area contributed by atoms with Crippen molar-refractivity contribution in [2.24, 2.45) is 22.4 Å². The molecule has 1 rings (SSSR count). The van der Waals surface area contributed by atoms with E-state index in [1.807, 2.05) is 0 Å². The third kappa shape index (κ3) is 3.20. The van der Waals surface area contributed by atoms with Gasteiger partial charge in [0, 0.05) is 24.3 Å². The van der Waals surface area contributed by atoms with Gasteiger partial charge in [-0.2, -0.15) is 0 Å². The van der Waals surface area contributed by atoms with Gasteiger partial charge in [0.05, 0.1) is 0 Å². The molecule has 6 nitrogen and oxygen atoms in total. The summed E-state index contributed by atoms with van der Waals surface area (Å²) < 4.78 is 0. The Labute approximate surface area is 82.5 Å². The van der Waals surface area contributed by atoms with Crippen LogP contribution >= 0.6 is 0 Å². The second-order valence-electron chi connectivity index (χ2n) is 3.73. The number of nitrogens with two attached hydrogens (primary N) is 2. The Kier molecular flexibility index (Phi) is 3.67. The van der Waals surface area contributed by atoms with E-state index in [0.29, 0.717) is 25.3 Å². The Balaban J connectivity index is 2.29. The zero-order valence-corrected chi connectivity index (χ0v) is 8.06. The van der Waals surface area contributed by atoms with Crippen LogP contribution < -0.4 is 11.5 Å². The van der Waals surface area contributed by atoms with Gasteiger partial charge in [0.2, 0.25) is 6.04 Å². The van der Waals surface area contributed by atoms with E-state index in [0.717, 1.165) is 12.8 Å². The van der Waals surface area contributed by atoms with E-state index in [1.165, 1.54) is 0 Å². The molecule has 1 saturated carbocycles. The number of nitrogens with zero attached hydrogens (tertiary/aromatic N) is 2. The lowest BCUT2D eigenvalue weighted by Gasteiger charge is -2.22. The largest absolute Gasteiger partial charge is 0.370 e. The van der Waals surface area contributed by atoms with Crippen LogP contribution in [0.1, 0.15) is 25.7 Å². The molecule has 0 spiro atoms. The van der Waals surface area contributed by atoms with Crippen LogP contribution in [0.25, 0.3) is 0 Å². The second-order valence-corrected chi connectivity index (χ2v) is 3.73. The van der Waals surface area contributed by atoms with Crippen molar-refractivity contribution in [3.8, 4) is 0 Å². The van der Waals surface area contributed by atoms with Gasteiger partial charge in [-0.25, -0.2) is 0 Å². The Bertz CT molecular complexity index is 229. The molecule has 1 aliphatic rings. The maximum atomic E-state index is 10.5. The molecule has 0 saturated heterocycles. The standard InChI is InChI=1S/C8H16N4O2/c9-8(10)11-5-6-1-3-7(4-2-6)12(13)14/h6-7H,1-5H2,(H4,9,10,11). The number of aliphatic imine (C=N–C) groups is 1.